The number of carbonyl (C=O) groups is 1. The molecule has 0 aromatic carbocycles. The van der Waals surface area contributed by atoms with Crippen LogP contribution in [0.3, 0.4) is 0 Å². The van der Waals surface area contributed by atoms with Gasteiger partial charge in [-0.3, -0.25) is 4.79 Å². The van der Waals surface area contributed by atoms with Gasteiger partial charge in [0.25, 0.3) is 0 Å². The third-order valence-corrected chi connectivity index (χ3v) is 2.26. The highest BCUT2D eigenvalue weighted by molar-refractivity contribution is 7.86. The SMILES string of the molecule is CC(C)(C)COC(=O)CC(F)(F)S(=O)(=O)[O-]. The second kappa shape index (κ2) is 4.62. The van der Waals surface area contributed by atoms with Crippen LogP contribution in [0.2, 0.25) is 0 Å². The van der Waals surface area contributed by atoms with Gasteiger partial charge in [0.15, 0.2) is 10.1 Å². The highest BCUT2D eigenvalue weighted by Gasteiger charge is 2.41. The minimum absolute atomic E-state index is 0.138. The second-order valence-corrected chi connectivity index (χ2v) is 6.00. The average molecular weight is 259 g/mol. The zero-order valence-electron chi connectivity index (χ0n) is 9.12. The molecule has 8 heteroatoms. The van der Waals surface area contributed by atoms with Crippen LogP contribution in [-0.4, -0.2) is 30.8 Å². The van der Waals surface area contributed by atoms with Gasteiger partial charge in [0.05, 0.1) is 6.61 Å². The molecule has 0 unspecified atom stereocenters. The first-order chi connectivity index (χ1) is 6.85. The summed E-state index contributed by atoms with van der Waals surface area (Å²) in [4.78, 5) is 10.8. The molecule has 0 bridgehead atoms. The molecule has 96 valence electrons. The third kappa shape index (κ3) is 5.36. The molecule has 0 aromatic heterocycles. The fraction of sp³-hybridized carbons (Fsp3) is 0.875. The van der Waals surface area contributed by atoms with Crippen LogP contribution in [0, 0.1) is 5.41 Å². The van der Waals surface area contributed by atoms with Gasteiger partial charge < -0.3 is 9.29 Å². The fourth-order valence-electron chi connectivity index (χ4n) is 0.604. The molecular weight excluding hydrogens is 246 g/mol. The maximum Gasteiger partial charge on any atom is 0.344 e. The summed E-state index contributed by atoms with van der Waals surface area (Å²) in [5.74, 6) is -1.42. The Balaban J connectivity index is 4.38. The summed E-state index contributed by atoms with van der Waals surface area (Å²) in [6.07, 6.45) is -1.76. The van der Waals surface area contributed by atoms with E-state index in [2.05, 4.69) is 4.74 Å². The lowest BCUT2D eigenvalue weighted by Gasteiger charge is -2.21. The Morgan fingerprint density at radius 1 is 1.31 bits per heavy atom. The standard InChI is InChI=1S/C8H14F2O5S/c1-7(2,3)5-15-6(11)4-8(9,10)16(12,13)14/h4-5H2,1-3H3,(H,12,13,14)/p-1. The first-order valence-corrected chi connectivity index (χ1v) is 5.75. The monoisotopic (exact) mass is 259 g/mol. The number of rotatable bonds is 4. The highest BCUT2D eigenvalue weighted by Crippen LogP contribution is 2.25. The van der Waals surface area contributed by atoms with Crippen molar-refractivity contribution in [3.8, 4) is 0 Å². The number of alkyl halides is 2. The zero-order valence-corrected chi connectivity index (χ0v) is 9.94. The van der Waals surface area contributed by atoms with Crippen molar-refractivity contribution >= 4 is 16.1 Å². The Hall–Kier alpha value is -0.760. The number of hydrogen-bond acceptors (Lipinski definition) is 5. The van der Waals surface area contributed by atoms with E-state index in [-0.39, 0.29) is 6.61 Å². The Labute approximate surface area is 92.5 Å². The molecule has 0 fully saturated rings. The summed E-state index contributed by atoms with van der Waals surface area (Å²) < 4.78 is 59.8. The highest BCUT2D eigenvalue weighted by atomic mass is 32.2. The van der Waals surface area contributed by atoms with Crippen molar-refractivity contribution in [2.75, 3.05) is 6.61 Å². The van der Waals surface area contributed by atoms with Gasteiger partial charge in [-0.25, -0.2) is 8.42 Å². The maximum atomic E-state index is 12.6. The van der Waals surface area contributed by atoms with Crippen LogP contribution in [0.15, 0.2) is 0 Å². The third-order valence-electron chi connectivity index (χ3n) is 1.38. The molecule has 0 radical (unpaired) electrons. The average Bonchev–Trinajstić information content (AvgIpc) is 1.96. The molecule has 16 heavy (non-hydrogen) atoms. The van der Waals surface area contributed by atoms with Crippen molar-refractivity contribution < 1.29 is 31.3 Å². The van der Waals surface area contributed by atoms with Gasteiger partial charge in [0.1, 0.15) is 6.42 Å². The van der Waals surface area contributed by atoms with Crippen molar-refractivity contribution in [2.24, 2.45) is 5.41 Å². The van der Waals surface area contributed by atoms with E-state index >= 15 is 0 Å². The summed E-state index contributed by atoms with van der Waals surface area (Å²) in [6, 6.07) is 0. The Bertz CT molecular complexity index is 355. The van der Waals surface area contributed by atoms with Crippen LogP contribution in [-0.2, 0) is 19.6 Å². The normalized spacial score (nSPS) is 13.6. The lowest BCUT2D eigenvalue weighted by molar-refractivity contribution is -0.150. The number of halogens is 2. The smallest absolute Gasteiger partial charge is 0.344 e. The van der Waals surface area contributed by atoms with Crippen molar-refractivity contribution in [2.45, 2.75) is 32.4 Å². The number of hydrogen-bond donors (Lipinski definition) is 0. The molecule has 0 N–H and O–H groups in total. The molecule has 0 atom stereocenters. The Morgan fingerprint density at radius 2 is 1.75 bits per heavy atom. The molecule has 0 heterocycles. The Kier molecular flexibility index (Phi) is 4.40. The first kappa shape index (κ1) is 15.2. The summed E-state index contributed by atoms with van der Waals surface area (Å²) in [5, 5.41) is -4.62. The number of carbonyl (C=O) groups excluding carboxylic acids is 1. The van der Waals surface area contributed by atoms with Crippen LogP contribution >= 0.6 is 0 Å². The second-order valence-electron chi connectivity index (χ2n) is 4.49. The van der Waals surface area contributed by atoms with Crippen molar-refractivity contribution in [3.63, 3.8) is 0 Å². The molecule has 0 rings (SSSR count). The Morgan fingerprint density at radius 3 is 2.06 bits per heavy atom. The molecule has 0 saturated carbocycles. The molecule has 0 aliphatic heterocycles. The minimum Gasteiger partial charge on any atom is -0.743 e. The van der Waals surface area contributed by atoms with Crippen LogP contribution in [0.25, 0.3) is 0 Å². The topological polar surface area (TPSA) is 83.5 Å². The van der Waals surface area contributed by atoms with Gasteiger partial charge in [-0.15, -0.1) is 0 Å². The van der Waals surface area contributed by atoms with E-state index < -0.39 is 33.2 Å². The predicted molar refractivity (Wildman–Crippen MR) is 49.7 cm³/mol. The van der Waals surface area contributed by atoms with E-state index in [0.29, 0.717) is 0 Å². The van der Waals surface area contributed by atoms with Crippen molar-refractivity contribution in [3.05, 3.63) is 0 Å². The van der Waals surface area contributed by atoms with E-state index in [1.54, 1.807) is 20.8 Å². The van der Waals surface area contributed by atoms with Crippen LogP contribution in [0.4, 0.5) is 8.78 Å². The van der Waals surface area contributed by atoms with Gasteiger partial charge in [0.2, 0.25) is 0 Å². The van der Waals surface area contributed by atoms with Gasteiger partial charge >= 0.3 is 11.2 Å². The van der Waals surface area contributed by atoms with E-state index in [1.165, 1.54) is 0 Å². The van der Waals surface area contributed by atoms with E-state index in [9.17, 15) is 26.5 Å². The van der Waals surface area contributed by atoms with Gasteiger partial charge in [-0.05, 0) is 5.41 Å². The van der Waals surface area contributed by atoms with E-state index in [1.807, 2.05) is 0 Å². The predicted octanol–water partition coefficient (Wildman–Crippen LogP) is 1.10. The van der Waals surface area contributed by atoms with Gasteiger partial charge in [-0.2, -0.15) is 8.78 Å². The fourth-order valence-corrected chi connectivity index (χ4v) is 0.899. The number of esters is 1. The van der Waals surface area contributed by atoms with Crippen LogP contribution < -0.4 is 0 Å². The summed E-state index contributed by atoms with van der Waals surface area (Å²) in [7, 11) is -5.84. The molecule has 0 aliphatic carbocycles. The maximum absolute atomic E-state index is 12.6. The minimum atomic E-state index is -5.84. The summed E-state index contributed by atoms with van der Waals surface area (Å²) in [5.41, 5.74) is -0.429. The van der Waals surface area contributed by atoms with Crippen LogP contribution in [0.5, 0.6) is 0 Å². The van der Waals surface area contributed by atoms with Gasteiger partial charge in [0, 0.05) is 0 Å². The van der Waals surface area contributed by atoms with Crippen LogP contribution in [0.1, 0.15) is 27.2 Å². The van der Waals surface area contributed by atoms with Gasteiger partial charge in [-0.1, -0.05) is 20.8 Å². The molecule has 5 nitrogen and oxygen atoms in total. The largest absolute Gasteiger partial charge is 0.743 e. The lowest BCUT2D eigenvalue weighted by atomic mass is 9.99. The van der Waals surface area contributed by atoms with Crippen molar-refractivity contribution in [1.82, 2.24) is 0 Å². The summed E-state index contributed by atoms with van der Waals surface area (Å²) in [6.45, 7) is 4.95. The molecule has 0 amide bonds. The van der Waals surface area contributed by atoms with E-state index in [4.69, 9.17) is 0 Å². The molecule has 0 aliphatic rings. The molecular formula is C8H13F2O5S-. The molecule has 0 saturated heterocycles. The lowest BCUT2D eigenvalue weighted by Crippen LogP contribution is -2.32. The molecule has 0 aromatic rings. The summed E-state index contributed by atoms with van der Waals surface area (Å²) >= 11 is 0. The molecule has 0 spiro atoms. The van der Waals surface area contributed by atoms with Crippen molar-refractivity contribution in [1.29, 1.82) is 0 Å². The van der Waals surface area contributed by atoms with E-state index in [0.717, 1.165) is 0 Å². The quantitative estimate of drug-likeness (QED) is 0.557. The number of ether oxygens (including phenoxy) is 1. The first-order valence-electron chi connectivity index (χ1n) is 4.34. The zero-order chi connectivity index (χ0) is 13.2.